The Morgan fingerprint density at radius 3 is 2.59 bits per heavy atom. The van der Waals surface area contributed by atoms with Crippen molar-refractivity contribution in [2.24, 2.45) is 5.92 Å². The second kappa shape index (κ2) is 6.32. The highest BCUT2D eigenvalue weighted by atomic mass is 32.2. The van der Waals surface area contributed by atoms with Crippen LogP contribution in [0, 0.1) is 5.92 Å². The average molecular weight is 264 g/mol. The molecule has 0 aromatic carbocycles. The summed E-state index contributed by atoms with van der Waals surface area (Å²) >= 11 is 0. The molecular formula is C10H20N2O4S. The summed E-state index contributed by atoms with van der Waals surface area (Å²) in [5.41, 5.74) is 0. The van der Waals surface area contributed by atoms with Crippen LogP contribution >= 0.6 is 0 Å². The Hall–Kier alpha value is -0.660. The van der Waals surface area contributed by atoms with E-state index in [1.54, 1.807) is 0 Å². The van der Waals surface area contributed by atoms with Crippen molar-refractivity contribution in [3.8, 4) is 0 Å². The first-order valence-electron chi connectivity index (χ1n) is 5.84. The molecule has 0 amide bonds. The van der Waals surface area contributed by atoms with E-state index in [1.807, 2.05) is 0 Å². The van der Waals surface area contributed by atoms with E-state index in [0.29, 0.717) is 12.5 Å². The molecule has 100 valence electrons. The first kappa shape index (κ1) is 14.4. The minimum Gasteiger partial charge on any atom is -0.481 e. The largest absolute Gasteiger partial charge is 0.481 e. The smallest absolute Gasteiger partial charge is 0.304 e. The van der Waals surface area contributed by atoms with E-state index in [4.69, 9.17) is 5.11 Å². The molecule has 1 aliphatic rings. The van der Waals surface area contributed by atoms with Crippen molar-refractivity contribution >= 4 is 16.2 Å². The van der Waals surface area contributed by atoms with E-state index < -0.39 is 16.2 Å². The number of nitrogens with one attached hydrogen (secondary N) is 1. The lowest BCUT2D eigenvalue weighted by Gasteiger charge is -2.25. The average Bonchev–Trinajstić information content (AvgIpc) is 2.18. The van der Waals surface area contributed by atoms with Crippen LogP contribution < -0.4 is 4.72 Å². The maximum Gasteiger partial charge on any atom is 0.304 e. The van der Waals surface area contributed by atoms with Gasteiger partial charge in [-0.05, 0) is 12.3 Å². The van der Waals surface area contributed by atoms with Crippen molar-refractivity contribution in [2.75, 3.05) is 20.1 Å². The van der Waals surface area contributed by atoms with Crippen LogP contribution in [0.25, 0.3) is 0 Å². The van der Waals surface area contributed by atoms with Gasteiger partial charge in [0.15, 0.2) is 0 Å². The molecule has 7 heteroatoms. The zero-order valence-electron chi connectivity index (χ0n) is 10.1. The molecule has 1 fully saturated rings. The minimum atomic E-state index is -3.52. The molecule has 0 radical (unpaired) electrons. The number of carboxylic acid groups (broad SMARTS) is 1. The molecule has 17 heavy (non-hydrogen) atoms. The molecule has 0 unspecified atom stereocenters. The van der Waals surface area contributed by atoms with Crippen LogP contribution in [-0.4, -0.2) is 43.9 Å². The third kappa shape index (κ3) is 5.01. The van der Waals surface area contributed by atoms with Crippen molar-refractivity contribution in [1.29, 1.82) is 0 Å². The first-order chi connectivity index (χ1) is 7.92. The summed E-state index contributed by atoms with van der Waals surface area (Å²) in [4.78, 5) is 10.3. The molecule has 6 nitrogen and oxygen atoms in total. The molecule has 0 aromatic rings. The van der Waals surface area contributed by atoms with Crippen LogP contribution in [0.15, 0.2) is 0 Å². The second-order valence-corrected chi connectivity index (χ2v) is 6.31. The van der Waals surface area contributed by atoms with E-state index in [-0.39, 0.29) is 13.0 Å². The lowest BCUT2D eigenvalue weighted by molar-refractivity contribution is -0.137. The quantitative estimate of drug-likeness (QED) is 0.665. The maximum atomic E-state index is 11.7. The van der Waals surface area contributed by atoms with Crippen molar-refractivity contribution < 1.29 is 18.3 Å². The Morgan fingerprint density at radius 1 is 1.47 bits per heavy atom. The van der Waals surface area contributed by atoms with E-state index in [0.717, 1.165) is 10.7 Å². The summed E-state index contributed by atoms with van der Waals surface area (Å²) in [5.74, 6) is -0.344. The summed E-state index contributed by atoms with van der Waals surface area (Å²) in [7, 11) is -2.13. The third-order valence-corrected chi connectivity index (χ3v) is 4.68. The highest BCUT2D eigenvalue weighted by Crippen LogP contribution is 2.28. The predicted molar refractivity (Wildman–Crippen MR) is 63.8 cm³/mol. The zero-order chi connectivity index (χ0) is 12.9. The number of hydrogen-bond donors (Lipinski definition) is 2. The fourth-order valence-electron chi connectivity index (χ4n) is 1.66. The van der Waals surface area contributed by atoms with Crippen LogP contribution in [0.3, 0.4) is 0 Å². The highest BCUT2D eigenvalue weighted by Gasteiger charge is 2.20. The van der Waals surface area contributed by atoms with Gasteiger partial charge in [-0.25, -0.2) is 4.72 Å². The van der Waals surface area contributed by atoms with Gasteiger partial charge in [-0.1, -0.05) is 19.3 Å². The van der Waals surface area contributed by atoms with Crippen molar-refractivity contribution in [3.63, 3.8) is 0 Å². The van der Waals surface area contributed by atoms with Crippen LogP contribution in [0.5, 0.6) is 0 Å². The van der Waals surface area contributed by atoms with Gasteiger partial charge >= 0.3 is 5.97 Å². The molecule has 0 spiro atoms. The Labute approximate surface area is 102 Å². The summed E-state index contributed by atoms with van der Waals surface area (Å²) in [6, 6.07) is 0. The topological polar surface area (TPSA) is 86.7 Å². The van der Waals surface area contributed by atoms with Gasteiger partial charge in [0.05, 0.1) is 6.42 Å². The fourth-order valence-corrected chi connectivity index (χ4v) is 2.58. The molecule has 0 bridgehead atoms. The van der Waals surface area contributed by atoms with E-state index in [1.165, 1.54) is 26.3 Å². The lowest BCUT2D eigenvalue weighted by Crippen LogP contribution is -2.40. The number of aliphatic carboxylic acids is 1. The van der Waals surface area contributed by atoms with Crippen LogP contribution in [0.4, 0.5) is 0 Å². The fraction of sp³-hybridized carbons (Fsp3) is 0.900. The summed E-state index contributed by atoms with van der Waals surface area (Å²) in [5, 5.41) is 8.47. The first-order valence-corrected chi connectivity index (χ1v) is 7.28. The van der Waals surface area contributed by atoms with Gasteiger partial charge in [0.1, 0.15) is 0 Å². The number of nitrogens with zero attached hydrogens (tertiary/aromatic N) is 1. The molecule has 1 aliphatic carbocycles. The molecule has 2 N–H and O–H groups in total. The van der Waals surface area contributed by atoms with Crippen molar-refractivity contribution in [2.45, 2.75) is 32.1 Å². The molecule has 0 aliphatic heterocycles. The molecule has 0 aromatic heterocycles. The highest BCUT2D eigenvalue weighted by molar-refractivity contribution is 7.87. The normalized spacial score (nSPS) is 17.1. The van der Waals surface area contributed by atoms with Gasteiger partial charge in [0.25, 0.3) is 10.2 Å². The van der Waals surface area contributed by atoms with Crippen molar-refractivity contribution in [3.05, 3.63) is 0 Å². The molecule has 0 heterocycles. The number of carboxylic acids is 1. The van der Waals surface area contributed by atoms with Gasteiger partial charge in [-0.2, -0.15) is 12.7 Å². The van der Waals surface area contributed by atoms with E-state index >= 15 is 0 Å². The van der Waals surface area contributed by atoms with E-state index in [9.17, 15) is 13.2 Å². The van der Waals surface area contributed by atoms with Crippen LogP contribution in [0.1, 0.15) is 32.1 Å². The lowest BCUT2D eigenvalue weighted by atomic mass is 9.83. The minimum absolute atomic E-state index is 0.00586. The van der Waals surface area contributed by atoms with Crippen molar-refractivity contribution in [1.82, 2.24) is 9.03 Å². The molecular weight excluding hydrogens is 244 g/mol. The zero-order valence-corrected chi connectivity index (χ0v) is 10.9. The number of carbonyl (C=O) groups is 1. The number of hydrogen-bond acceptors (Lipinski definition) is 3. The van der Waals surface area contributed by atoms with Gasteiger partial charge in [0.2, 0.25) is 0 Å². The Morgan fingerprint density at radius 2 is 2.12 bits per heavy atom. The number of rotatable bonds is 8. The Kier molecular flexibility index (Phi) is 5.35. The van der Waals surface area contributed by atoms with Gasteiger partial charge in [-0.15, -0.1) is 0 Å². The van der Waals surface area contributed by atoms with E-state index in [2.05, 4.69) is 4.72 Å². The van der Waals surface area contributed by atoms with Crippen LogP contribution in [0.2, 0.25) is 0 Å². The van der Waals surface area contributed by atoms with Gasteiger partial charge in [0, 0.05) is 20.1 Å². The molecule has 1 rings (SSSR count). The second-order valence-electron chi connectivity index (χ2n) is 4.45. The molecule has 1 saturated carbocycles. The maximum absolute atomic E-state index is 11.7. The Balaban J connectivity index is 2.25. The third-order valence-electron chi connectivity index (χ3n) is 3.11. The SMILES string of the molecule is CN(CCC(=O)O)S(=O)(=O)NCCC1CCC1. The van der Waals surface area contributed by atoms with Crippen LogP contribution in [-0.2, 0) is 15.0 Å². The van der Waals surface area contributed by atoms with Gasteiger partial charge < -0.3 is 5.11 Å². The summed E-state index contributed by atoms with van der Waals surface area (Å²) < 4.78 is 26.8. The summed E-state index contributed by atoms with van der Waals surface area (Å²) in [6.45, 7) is 0.429. The standard InChI is InChI=1S/C10H20N2O4S/c1-12(8-6-10(13)14)17(15,16)11-7-5-9-3-2-4-9/h9,11H,2-8H2,1H3,(H,13,14). The Bertz CT molecular complexity index is 351. The molecule has 0 saturated heterocycles. The summed E-state index contributed by atoms with van der Waals surface area (Å²) in [6.07, 6.45) is 4.31. The molecule has 0 atom stereocenters. The monoisotopic (exact) mass is 264 g/mol. The van der Waals surface area contributed by atoms with Gasteiger partial charge in [-0.3, -0.25) is 4.79 Å². The predicted octanol–water partition coefficient (Wildman–Crippen LogP) is 0.417.